The SMILES string of the molecule is C[C@@H](NC(=O)c1cnn2ccc(N3CCCC3c3cncc(F)c3)nc12)C1CC1. The van der Waals surface area contributed by atoms with Crippen molar-refractivity contribution in [1.29, 1.82) is 0 Å². The highest BCUT2D eigenvalue weighted by atomic mass is 19.1. The second kappa shape index (κ2) is 7.09. The fourth-order valence-electron chi connectivity index (χ4n) is 4.18. The zero-order chi connectivity index (χ0) is 20.0. The van der Waals surface area contributed by atoms with E-state index in [1.165, 1.54) is 25.1 Å². The standard InChI is InChI=1S/C21H23FN6O/c1-13(14-4-5-14)25-21(29)17-12-24-28-8-6-19(26-20(17)28)27-7-2-3-18(27)15-9-16(22)11-23-10-15/h6,8-14,18H,2-5,7H2,1H3,(H,25,29)/t13-,18?/m1/s1. The van der Waals surface area contributed by atoms with Gasteiger partial charge in [-0.2, -0.15) is 5.10 Å². The van der Waals surface area contributed by atoms with Crippen molar-refractivity contribution in [3.8, 4) is 0 Å². The molecule has 0 spiro atoms. The Morgan fingerprint density at radius 2 is 2.14 bits per heavy atom. The van der Waals surface area contributed by atoms with Crippen LogP contribution in [0.15, 0.2) is 36.9 Å². The van der Waals surface area contributed by atoms with Crippen molar-refractivity contribution in [3.63, 3.8) is 0 Å². The van der Waals surface area contributed by atoms with Gasteiger partial charge in [0.25, 0.3) is 5.91 Å². The fraction of sp³-hybridized carbons (Fsp3) is 0.429. The average Bonchev–Trinajstić information content (AvgIpc) is 3.30. The van der Waals surface area contributed by atoms with Gasteiger partial charge in [-0.1, -0.05) is 0 Å². The van der Waals surface area contributed by atoms with Crippen LogP contribution in [0.25, 0.3) is 5.65 Å². The molecule has 2 aliphatic rings. The molecule has 150 valence electrons. The highest BCUT2D eigenvalue weighted by molar-refractivity contribution is 5.99. The van der Waals surface area contributed by atoms with Gasteiger partial charge in [-0.15, -0.1) is 0 Å². The molecule has 0 bridgehead atoms. The van der Waals surface area contributed by atoms with E-state index in [4.69, 9.17) is 4.98 Å². The summed E-state index contributed by atoms with van der Waals surface area (Å²) in [5, 5.41) is 7.35. The Bertz CT molecular complexity index is 1060. The van der Waals surface area contributed by atoms with Crippen LogP contribution in [0.3, 0.4) is 0 Å². The number of hydrogen-bond donors (Lipinski definition) is 1. The number of aromatic nitrogens is 4. The Morgan fingerprint density at radius 1 is 1.28 bits per heavy atom. The van der Waals surface area contributed by atoms with Gasteiger partial charge < -0.3 is 10.2 Å². The lowest BCUT2D eigenvalue weighted by molar-refractivity contribution is 0.0937. The van der Waals surface area contributed by atoms with Gasteiger partial charge >= 0.3 is 0 Å². The van der Waals surface area contributed by atoms with Crippen LogP contribution in [-0.4, -0.2) is 38.1 Å². The number of carbonyl (C=O) groups excluding carboxylic acids is 1. The van der Waals surface area contributed by atoms with Crippen molar-refractivity contribution in [2.24, 2.45) is 5.92 Å². The second-order valence-electron chi connectivity index (χ2n) is 8.00. The average molecular weight is 394 g/mol. The molecule has 1 amide bonds. The molecule has 1 unspecified atom stereocenters. The van der Waals surface area contributed by atoms with Gasteiger partial charge in [-0.3, -0.25) is 9.78 Å². The van der Waals surface area contributed by atoms with Crippen LogP contribution < -0.4 is 10.2 Å². The topological polar surface area (TPSA) is 75.4 Å². The van der Waals surface area contributed by atoms with Crippen LogP contribution in [0.4, 0.5) is 10.2 Å². The summed E-state index contributed by atoms with van der Waals surface area (Å²) in [4.78, 5) is 23.7. The number of carbonyl (C=O) groups is 1. The van der Waals surface area contributed by atoms with Crippen molar-refractivity contribution in [1.82, 2.24) is 24.9 Å². The van der Waals surface area contributed by atoms with Gasteiger partial charge in [0.05, 0.1) is 18.4 Å². The van der Waals surface area contributed by atoms with Crippen molar-refractivity contribution in [3.05, 3.63) is 53.9 Å². The number of rotatable bonds is 5. The van der Waals surface area contributed by atoms with Crippen LogP contribution in [0, 0.1) is 11.7 Å². The summed E-state index contributed by atoms with van der Waals surface area (Å²) < 4.78 is 15.3. The van der Waals surface area contributed by atoms with E-state index < -0.39 is 0 Å². The van der Waals surface area contributed by atoms with Gasteiger partial charge in [0.15, 0.2) is 5.65 Å². The maximum atomic E-state index is 13.7. The first-order chi connectivity index (χ1) is 14.1. The van der Waals surface area contributed by atoms with Gasteiger partial charge in [0.2, 0.25) is 0 Å². The smallest absolute Gasteiger partial charge is 0.256 e. The number of nitrogens with one attached hydrogen (secondary N) is 1. The highest BCUT2D eigenvalue weighted by Gasteiger charge is 2.31. The minimum Gasteiger partial charge on any atom is -0.349 e. The monoisotopic (exact) mass is 394 g/mol. The maximum absolute atomic E-state index is 13.7. The highest BCUT2D eigenvalue weighted by Crippen LogP contribution is 2.35. The third-order valence-corrected chi connectivity index (χ3v) is 5.94. The molecule has 5 rings (SSSR count). The summed E-state index contributed by atoms with van der Waals surface area (Å²) in [6.07, 6.45) is 10.5. The molecule has 1 aliphatic carbocycles. The lowest BCUT2D eigenvalue weighted by Gasteiger charge is -2.26. The zero-order valence-electron chi connectivity index (χ0n) is 16.3. The lowest BCUT2D eigenvalue weighted by Crippen LogP contribution is -2.34. The Morgan fingerprint density at radius 3 is 2.93 bits per heavy atom. The predicted molar refractivity (Wildman–Crippen MR) is 106 cm³/mol. The maximum Gasteiger partial charge on any atom is 0.256 e. The first-order valence-corrected chi connectivity index (χ1v) is 10.1. The number of nitrogens with zero attached hydrogens (tertiary/aromatic N) is 5. The van der Waals surface area contributed by atoms with Gasteiger partial charge in [-0.25, -0.2) is 13.9 Å². The molecule has 1 aliphatic heterocycles. The molecule has 1 saturated carbocycles. The zero-order valence-corrected chi connectivity index (χ0v) is 16.3. The normalized spacial score (nSPS) is 20.2. The first-order valence-electron chi connectivity index (χ1n) is 10.1. The number of anilines is 1. The van der Waals surface area contributed by atoms with Gasteiger partial charge in [0.1, 0.15) is 17.2 Å². The fourth-order valence-corrected chi connectivity index (χ4v) is 4.18. The molecule has 2 atom stereocenters. The number of pyridine rings is 1. The van der Waals surface area contributed by atoms with Crippen molar-refractivity contribution < 1.29 is 9.18 Å². The van der Waals surface area contributed by atoms with Crippen LogP contribution in [-0.2, 0) is 0 Å². The first kappa shape index (κ1) is 18.0. The quantitative estimate of drug-likeness (QED) is 0.720. The van der Waals surface area contributed by atoms with Crippen molar-refractivity contribution >= 4 is 17.4 Å². The third kappa shape index (κ3) is 3.43. The molecule has 4 heterocycles. The van der Waals surface area contributed by atoms with E-state index in [2.05, 4.69) is 20.3 Å². The molecule has 1 N–H and O–H groups in total. The summed E-state index contributed by atoms with van der Waals surface area (Å²) in [7, 11) is 0. The largest absolute Gasteiger partial charge is 0.349 e. The summed E-state index contributed by atoms with van der Waals surface area (Å²) in [5.74, 6) is 0.859. The minimum absolute atomic E-state index is 0.0169. The molecule has 3 aromatic heterocycles. The predicted octanol–water partition coefficient (Wildman–Crippen LogP) is 3.13. The van der Waals surface area contributed by atoms with E-state index >= 15 is 0 Å². The molecular formula is C21H23FN6O. The minimum atomic E-state index is -0.336. The number of halogens is 1. The van der Waals surface area contributed by atoms with E-state index in [0.717, 1.165) is 30.8 Å². The molecule has 2 fully saturated rings. The van der Waals surface area contributed by atoms with E-state index in [9.17, 15) is 9.18 Å². The van der Waals surface area contributed by atoms with Gasteiger partial charge in [0, 0.05) is 25.0 Å². The van der Waals surface area contributed by atoms with Crippen molar-refractivity contribution in [2.45, 2.75) is 44.7 Å². The van der Waals surface area contributed by atoms with Crippen LogP contribution in [0.1, 0.15) is 54.6 Å². The molecule has 0 aromatic carbocycles. The Labute approximate surface area is 168 Å². The number of amides is 1. The molecule has 1 saturated heterocycles. The number of fused-ring (bicyclic) bond motifs is 1. The van der Waals surface area contributed by atoms with Crippen LogP contribution >= 0.6 is 0 Å². The van der Waals surface area contributed by atoms with Gasteiger partial charge in [-0.05, 0) is 56.2 Å². The molecule has 8 heteroatoms. The molecule has 3 aromatic rings. The Balaban J connectivity index is 1.45. The van der Waals surface area contributed by atoms with E-state index in [1.54, 1.807) is 16.9 Å². The summed E-state index contributed by atoms with van der Waals surface area (Å²) in [6.45, 7) is 2.86. The third-order valence-electron chi connectivity index (χ3n) is 5.94. The van der Waals surface area contributed by atoms with Crippen LogP contribution in [0.5, 0.6) is 0 Å². The van der Waals surface area contributed by atoms with E-state index in [-0.39, 0.29) is 23.8 Å². The molecule has 0 radical (unpaired) electrons. The van der Waals surface area contributed by atoms with E-state index in [1.807, 2.05) is 19.2 Å². The summed E-state index contributed by atoms with van der Waals surface area (Å²) in [5.41, 5.74) is 1.85. The Hall–Kier alpha value is -3.03. The van der Waals surface area contributed by atoms with Crippen molar-refractivity contribution in [2.75, 3.05) is 11.4 Å². The molecular weight excluding hydrogens is 371 g/mol. The Kier molecular flexibility index (Phi) is 4.41. The molecule has 7 nitrogen and oxygen atoms in total. The summed E-state index contributed by atoms with van der Waals surface area (Å²) >= 11 is 0. The van der Waals surface area contributed by atoms with E-state index in [0.29, 0.717) is 17.1 Å². The second-order valence-corrected chi connectivity index (χ2v) is 8.00. The lowest BCUT2D eigenvalue weighted by atomic mass is 10.1. The number of hydrogen-bond acceptors (Lipinski definition) is 5. The summed E-state index contributed by atoms with van der Waals surface area (Å²) in [6, 6.07) is 3.60. The van der Waals surface area contributed by atoms with Crippen LogP contribution in [0.2, 0.25) is 0 Å². The molecule has 29 heavy (non-hydrogen) atoms.